The third kappa shape index (κ3) is 4.70. The highest BCUT2D eigenvalue weighted by Crippen LogP contribution is 2.32. The highest BCUT2D eigenvalue weighted by Gasteiger charge is 2.26. The van der Waals surface area contributed by atoms with Crippen LogP contribution in [-0.4, -0.2) is 39.3 Å². The summed E-state index contributed by atoms with van der Waals surface area (Å²) < 4.78 is 17.9. The molecule has 0 bridgehead atoms. The van der Waals surface area contributed by atoms with Crippen LogP contribution in [0, 0.1) is 29.6 Å². The Morgan fingerprint density at radius 2 is 2.17 bits per heavy atom. The summed E-state index contributed by atoms with van der Waals surface area (Å²) in [5.41, 5.74) is 3.45. The molecule has 1 aliphatic heterocycles. The standard InChI is InChI=1S/C19H19ClFN7O/c1-11-16(25-8-17(26-11)29-12(2)21)10-28-6-3-13-15(9-28)14(7-23)18(20)27-19(13)24-5-4-22/h8,12H,3,5-6,9-10H2,1-2H3,(H,24,27). The van der Waals surface area contributed by atoms with Gasteiger partial charge < -0.3 is 10.1 Å². The molecule has 3 heterocycles. The Hall–Kier alpha value is -3.01. The molecule has 1 unspecified atom stereocenters. The zero-order valence-corrected chi connectivity index (χ0v) is 16.8. The van der Waals surface area contributed by atoms with Crippen molar-refractivity contribution in [3.63, 3.8) is 0 Å². The van der Waals surface area contributed by atoms with Gasteiger partial charge in [0.05, 0.1) is 29.2 Å². The lowest BCUT2D eigenvalue weighted by atomic mass is 9.96. The van der Waals surface area contributed by atoms with Crippen molar-refractivity contribution in [1.29, 1.82) is 10.5 Å². The fourth-order valence-corrected chi connectivity index (χ4v) is 3.49. The summed E-state index contributed by atoms with van der Waals surface area (Å²) in [7, 11) is 0. The van der Waals surface area contributed by atoms with Crippen molar-refractivity contribution in [2.24, 2.45) is 0 Å². The molecule has 1 atom stereocenters. The number of hydrogen-bond donors (Lipinski definition) is 1. The lowest BCUT2D eigenvalue weighted by Gasteiger charge is -2.30. The number of nitrogens with zero attached hydrogens (tertiary/aromatic N) is 6. The van der Waals surface area contributed by atoms with Gasteiger partial charge in [-0.3, -0.25) is 9.88 Å². The van der Waals surface area contributed by atoms with Gasteiger partial charge in [0.25, 0.3) is 0 Å². The number of pyridine rings is 1. The van der Waals surface area contributed by atoms with Gasteiger partial charge in [0.2, 0.25) is 12.2 Å². The third-order valence-electron chi connectivity index (χ3n) is 4.56. The lowest BCUT2D eigenvalue weighted by molar-refractivity contribution is 0.0801. The Balaban J connectivity index is 1.83. The van der Waals surface area contributed by atoms with Gasteiger partial charge in [-0.2, -0.15) is 10.5 Å². The Morgan fingerprint density at radius 1 is 1.38 bits per heavy atom. The molecule has 0 saturated heterocycles. The quantitative estimate of drug-likeness (QED) is 0.566. The Kier molecular flexibility index (Phi) is 6.42. The fraction of sp³-hybridized carbons (Fsp3) is 0.421. The summed E-state index contributed by atoms with van der Waals surface area (Å²) in [4.78, 5) is 15.0. The smallest absolute Gasteiger partial charge is 0.237 e. The van der Waals surface area contributed by atoms with E-state index in [9.17, 15) is 9.65 Å². The second-order valence-corrected chi connectivity index (χ2v) is 6.93. The SMILES string of the molecule is Cc1nc(OC(C)F)cnc1CN1CCc2c(NCC#N)nc(Cl)c(C#N)c2C1. The first-order valence-corrected chi connectivity index (χ1v) is 9.38. The summed E-state index contributed by atoms with van der Waals surface area (Å²) >= 11 is 6.20. The molecular weight excluding hydrogens is 397 g/mol. The number of rotatable bonds is 6. The van der Waals surface area contributed by atoms with Crippen LogP contribution in [0.1, 0.15) is 35.0 Å². The molecule has 2 aromatic rings. The number of fused-ring (bicyclic) bond motifs is 1. The van der Waals surface area contributed by atoms with Gasteiger partial charge in [-0.1, -0.05) is 11.6 Å². The first kappa shape index (κ1) is 20.7. The van der Waals surface area contributed by atoms with Crippen molar-refractivity contribution in [3.8, 4) is 18.0 Å². The topological polar surface area (TPSA) is 111 Å². The van der Waals surface area contributed by atoms with Gasteiger partial charge in [0.15, 0.2) is 0 Å². The molecular formula is C19H19ClFN7O. The summed E-state index contributed by atoms with van der Waals surface area (Å²) in [6, 6.07) is 4.15. The third-order valence-corrected chi connectivity index (χ3v) is 4.83. The van der Waals surface area contributed by atoms with Gasteiger partial charge in [-0.15, -0.1) is 0 Å². The first-order valence-electron chi connectivity index (χ1n) is 9.00. The van der Waals surface area contributed by atoms with Gasteiger partial charge in [0.1, 0.15) is 23.6 Å². The number of hydrogen-bond acceptors (Lipinski definition) is 8. The Morgan fingerprint density at radius 3 is 2.83 bits per heavy atom. The predicted molar refractivity (Wildman–Crippen MR) is 104 cm³/mol. The molecule has 0 saturated carbocycles. The molecule has 1 N–H and O–H groups in total. The second kappa shape index (κ2) is 8.99. The maximum atomic E-state index is 13.0. The average molecular weight is 416 g/mol. The van der Waals surface area contributed by atoms with Crippen molar-refractivity contribution in [3.05, 3.63) is 39.4 Å². The van der Waals surface area contributed by atoms with Crippen LogP contribution < -0.4 is 10.1 Å². The van der Waals surface area contributed by atoms with E-state index in [1.54, 1.807) is 6.92 Å². The summed E-state index contributed by atoms with van der Waals surface area (Å²) in [6.45, 7) is 4.89. The first-order chi connectivity index (χ1) is 13.9. The van der Waals surface area contributed by atoms with Gasteiger partial charge in [-0.25, -0.2) is 14.4 Å². The van der Waals surface area contributed by atoms with Gasteiger partial charge in [0, 0.05) is 32.1 Å². The molecule has 0 spiro atoms. The van der Waals surface area contributed by atoms with Gasteiger partial charge >= 0.3 is 0 Å². The van der Waals surface area contributed by atoms with Crippen LogP contribution in [0.2, 0.25) is 5.15 Å². The number of ether oxygens (including phenoxy) is 1. The van der Waals surface area contributed by atoms with E-state index in [0.717, 1.165) is 16.8 Å². The summed E-state index contributed by atoms with van der Waals surface area (Å²) in [5.74, 6) is 0.686. The number of nitrogens with one attached hydrogen (secondary N) is 1. The minimum Gasteiger partial charge on any atom is -0.442 e. The lowest BCUT2D eigenvalue weighted by Crippen LogP contribution is -2.32. The van der Waals surface area contributed by atoms with E-state index < -0.39 is 6.36 Å². The van der Waals surface area contributed by atoms with Crippen LogP contribution in [-0.2, 0) is 19.5 Å². The highest BCUT2D eigenvalue weighted by atomic mass is 35.5. The number of aromatic nitrogens is 3. The highest BCUT2D eigenvalue weighted by molar-refractivity contribution is 6.30. The van der Waals surface area contributed by atoms with Crippen molar-refractivity contribution in [2.75, 3.05) is 18.4 Å². The number of alkyl halides is 1. The van der Waals surface area contributed by atoms with Crippen molar-refractivity contribution >= 4 is 17.4 Å². The van der Waals surface area contributed by atoms with E-state index in [-0.39, 0.29) is 17.6 Å². The summed E-state index contributed by atoms with van der Waals surface area (Å²) in [5, 5.41) is 21.4. The zero-order chi connectivity index (χ0) is 21.0. The zero-order valence-electron chi connectivity index (χ0n) is 16.0. The molecule has 0 fully saturated rings. The van der Waals surface area contributed by atoms with Crippen LogP contribution in [0.5, 0.6) is 5.88 Å². The minimum atomic E-state index is -1.46. The van der Waals surface area contributed by atoms with E-state index in [4.69, 9.17) is 21.6 Å². The van der Waals surface area contributed by atoms with Crippen molar-refractivity contribution in [1.82, 2.24) is 19.9 Å². The minimum absolute atomic E-state index is 0.103. The second-order valence-electron chi connectivity index (χ2n) is 6.57. The predicted octanol–water partition coefficient (Wildman–Crippen LogP) is 2.89. The van der Waals surface area contributed by atoms with Crippen LogP contribution in [0.3, 0.4) is 0 Å². The van der Waals surface area contributed by atoms with E-state index in [1.165, 1.54) is 13.1 Å². The van der Waals surface area contributed by atoms with E-state index in [2.05, 4.69) is 31.2 Å². The van der Waals surface area contributed by atoms with E-state index in [0.29, 0.717) is 43.1 Å². The van der Waals surface area contributed by atoms with Crippen LogP contribution in [0.4, 0.5) is 10.2 Å². The average Bonchev–Trinajstić information content (AvgIpc) is 2.67. The molecule has 8 nitrogen and oxygen atoms in total. The number of anilines is 1. The molecule has 0 radical (unpaired) electrons. The molecule has 10 heteroatoms. The Labute approximate surface area is 172 Å². The maximum absolute atomic E-state index is 13.0. The molecule has 2 aromatic heterocycles. The van der Waals surface area contributed by atoms with Gasteiger partial charge in [-0.05, 0) is 18.9 Å². The molecule has 0 aliphatic carbocycles. The number of nitriles is 2. The molecule has 150 valence electrons. The maximum Gasteiger partial charge on any atom is 0.237 e. The number of aryl methyl sites for hydroxylation is 1. The van der Waals surface area contributed by atoms with Crippen molar-refractivity contribution in [2.45, 2.75) is 39.7 Å². The van der Waals surface area contributed by atoms with Crippen LogP contribution in [0.25, 0.3) is 0 Å². The number of halogens is 2. The monoisotopic (exact) mass is 415 g/mol. The van der Waals surface area contributed by atoms with E-state index in [1.807, 2.05) is 6.07 Å². The van der Waals surface area contributed by atoms with Crippen molar-refractivity contribution < 1.29 is 9.13 Å². The van der Waals surface area contributed by atoms with E-state index >= 15 is 0 Å². The molecule has 3 rings (SSSR count). The molecule has 0 aromatic carbocycles. The van der Waals surface area contributed by atoms with Crippen LogP contribution >= 0.6 is 11.6 Å². The molecule has 29 heavy (non-hydrogen) atoms. The summed E-state index contributed by atoms with van der Waals surface area (Å²) in [6.07, 6.45) is 0.594. The molecule has 0 amide bonds. The fourth-order valence-electron chi connectivity index (χ4n) is 3.25. The molecule has 1 aliphatic rings. The normalized spacial score (nSPS) is 14.4. The Bertz CT molecular complexity index is 1000. The largest absolute Gasteiger partial charge is 0.442 e. The van der Waals surface area contributed by atoms with Crippen LogP contribution in [0.15, 0.2) is 6.20 Å².